The van der Waals surface area contributed by atoms with Crippen LogP contribution in [0.4, 0.5) is 0 Å². The number of rotatable bonds is 7. The number of nitrogens with two attached hydrogens (primary N) is 1. The lowest BCUT2D eigenvalue weighted by Gasteiger charge is -2.50. The Morgan fingerprint density at radius 3 is 2.30 bits per heavy atom. The van der Waals surface area contributed by atoms with Crippen LogP contribution in [0.3, 0.4) is 0 Å². The van der Waals surface area contributed by atoms with E-state index < -0.39 is 48.0 Å². The van der Waals surface area contributed by atoms with Crippen molar-refractivity contribution in [3.05, 3.63) is 47.3 Å². The van der Waals surface area contributed by atoms with Crippen molar-refractivity contribution in [2.45, 2.75) is 118 Å². The molecule has 12 atom stereocenters. The number of cyclic esters (lactones) is 1. The van der Waals surface area contributed by atoms with Gasteiger partial charge in [-0.2, -0.15) is 0 Å². The molecule has 0 aromatic rings. The lowest BCUT2D eigenvalue weighted by Crippen LogP contribution is -2.60. The normalized spacial score (nSPS) is 41.2. The third-order valence-corrected chi connectivity index (χ3v) is 9.59. The van der Waals surface area contributed by atoms with Crippen molar-refractivity contribution in [3.63, 3.8) is 0 Å². The van der Waals surface area contributed by atoms with Gasteiger partial charge in [-0.1, -0.05) is 83.9 Å². The van der Waals surface area contributed by atoms with Gasteiger partial charge in [0.15, 0.2) is 5.79 Å². The molecule has 9 nitrogen and oxygen atoms in total. The fourth-order valence-corrected chi connectivity index (χ4v) is 6.60. The van der Waals surface area contributed by atoms with Crippen molar-refractivity contribution in [2.24, 2.45) is 41.2 Å². The van der Waals surface area contributed by atoms with Crippen LogP contribution in [0, 0.1) is 35.5 Å². The number of hydrogen-bond acceptors (Lipinski definition) is 9. The van der Waals surface area contributed by atoms with Gasteiger partial charge < -0.3 is 40.0 Å². The lowest BCUT2D eigenvalue weighted by molar-refractivity contribution is -0.315. The number of hydrogen-bond donors (Lipinski definition) is 4. The van der Waals surface area contributed by atoms with E-state index in [9.17, 15) is 20.1 Å². The molecule has 0 spiro atoms. The van der Waals surface area contributed by atoms with E-state index in [0.717, 1.165) is 11.1 Å². The topological polar surface area (TPSA) is 141 Å². The third kappa shape index (κ3) is 9.50. The van der Waals surface area contributed by atoms with E-state index in [-0.39, 0.29) is 48.0 Å². The highest BCUT2D eigenvalue weighted by molar-refractivity contribution is 5.87. The monoisotopic (exact) mass is 621 g/mol. The minimum atomic E-state index is -1.67. The Morgan fingerprint density at radius 2 is 1.73 bits per heavy atom. The first-order chi connectivity index (χ1) is 20.5. The number of ether oxygens (including phenoxy) is 4. The molecule has 2 aliphatic rings. The smallest absolute Gasteiger partial charge is 0.373 e. The van der Waals surface area contributed by atoms with Gasteiger partial charge in [-0.25, -0.2) is 4.79 Å². The van der Waals surface area contributed by atoms with E-state index >= 15 is 0 Å². The van der Waals surface area contributed by atoms with Crippen molar-refractivity contribution >= 4 is 5.97 Å². The standard InChI is InChI=1S/C35H59NO8/c1-19(2)32-24(7)27(36)18-35(40,44-32)26(9)31(38)25(8)33-28(41-10)14-12-13-20(3)15-22(5)30(37)23(6)16-21(4)17-29(42-11)34(39)43-33/h12-14,16-17,19,22-28,30-33,37-38,40H,15,18,36H2,1-11H3/b14-12+,20-13+,21-16+,29-17-/t22-,23-,24+,25+,26+,27-,28+,30+,31-,32-,33?,35-/m1/s1. The van der Waals surface area contributed by atoms with Gasteiger partial charge in [-0.15, -0.1) is 0 Å². The van der Waals surface area contributed by atoms with E-state index in [0.29, 0.717) is 6.42 Å². The number of methoxy groups -OCH3 is 2. The average Bonchev–Trinajstić information content (AvgIpc) is 2.96. The zero-order valence-electron chi connectivity index (χ0n) is 28.7. The molecule has 0 aromatic heterocycles. The first kappa shape index (κ1) is 38.2. The van der Waals surface area contributed by atoms with Crippen molar-refractivity contribution in [2.75, 3.05) is 14.2 Å². The summed E-state index contributed by atoms with van der Waals surface area (Å²) in [6, 6.07) is -0.312. The molecule has 2 heterocycles. The zero-order chi connectivity index (χ0) is 33.5. The molecule has 2 aliphatic heterocycles. The van der Waals surface area contributed by atoms with Gasteiger partial charge >= 0.3 is 5.97 Å². The molecule has 0 aliphatic carbocycles. The predicted molar refractivity (Wildman–Crippen MR) is 172 cm³/mol. The molecule has 1 fully saturated rings. The minimum Gasteiger partial charge on any atom is -0.490 e. The second-order valence-corrected chi connectivity index (χ2v) is 13.7. The molecule has 1 saturated heterocycles. The van der Waals surface area contributed by atoms with Crippen LogP contribution in [-0.4, -0.2) is 77.9 Å². The van der Waals surface area contributed by atoms with E-state index in [4.69, 9.17) is 24.7 Å². The highest BCUT2D eigenvalue weighted by Crippen LogP contribution is 2.41. The van der Waals surface area contributed by atoms with E-state index in [2.05, 4.69) is 0 Å². The van der Waals surface area contributed by atoms with E-state index in [1.54, 1.807) is 26.0 Å². The highest BCUT2D eigenvalue weighted by Gasteiger charge is 2.51. The van der Waals surface area contributed by atoms with Crippen molar-refractivity contribution in [1.29, 1.82) is 0 Å². The van der Waals surface area contributed by atoms with Crippen molar-refractivity contribution in [3.8, 4) is 0 Å². The van der Waals surface area contributed by atoms with E-state index in [1.807, 2.05) is 66.7 Å². The predicted octanol–water partition coefficient (Wildman–Crippen LogP) is 4.66. The number of aliphatic hydroxyl groups is 3. The van der Waals surface area contributed by atoms with Gasteiger partial charge in [0.25, 0.3) is 0 Å². The Bertz CT molecular complexity index is 1070. The number of aliphatic hydroxyl groups excluding tert-OH is 2. The van der Waals surface area contributed by atoms with Gasteiger partial charge in [0, 0.05) is 37.3 Å². The third-order valence-electron chi connectivity index (χ3n) is 9.59. The Morgan fingerprint density at radius 1 is 1.09 bits per heavy atom. The second kappa shape index (κ2) is 16.5. The van der Waals surface area contributed by atoms with Crippen molar-refractivity contribution < 1.29 is 39.1 Å². The average molecular weight is 622 g/mol. The fraction of sp³-hybridized carbons (Fsp3) is 0.743. The first-order valence-corrected chi connectivity index (χ1v) is 16.0. The molecule has 0 radical (unpaired) electrons. The molecule has 1 unspecified atom stereocenters. The largest absolute Gasteiger partial charge is 0.490 e. The molecule has 0 amide bonds. The number of allylic oxidation sites excluding steroid dienone is 5. The number of carbonyl (C=O) groups is 1. The van der Waals surface area contributed by atoms with E-state index in [1.165, 1.54) is 14.2 Å². The molecule has 9 heteroatoms. The number of esters is 1. The van der Waals surface area contributed by atoms with Gasteiger partial charge in [0.2, 0.25) is 5.76 Å². The molecular formula is C35H59NO8. The summed E-state index contributed by atoms with van der Waals surface area (Å²) in [6.07, 6.45) is 6.21. The zero-order valence-corrected chi connectivity index (χ0v) is 28.7. The van der Waals surface area contributed by atoms with Crippen LogP contribution >= 0.6 is 0 Å². The Labute approximate surface area is 265 Å². The Balaban J connectivity index is 2.52. The van der Waals surface area contributed by atoms with Crippen LogP contribution < -0.4 is 5.73 Å². The maximum Gasteiger partial charge on any atom is 0.373 e. The van der Waals surface area contributed by atoms with Crippen LogP contribution in [0.15, 0.2) is 47.3 Å². The summed E-state index contributed by atoms with van der Waals surface area (Å²) in [5.74, 6) is -3.89. The Kier molecular flexibility index (Phi) is 14.3. The Hall–Kier alpha value is -2.01. The lowest BCUT2D eigenvalue weighted by atomic mass is 9.75. The molecule has 44 heavy (non-hydrogen) atoms. The molecule has 0 bridgehead atoms. The van der Waals surface area contributed by atoms with Crippen LogP contribution in [0.25, 0.3) is 0 Å². The molecule has 2 rings (SSSR count). The fourth-order valence-electron chi connectivity index (χ4n) is 6.60. The van der Waals surface area contributed by atoms with Gasteiger partial charge in [0.05, 0.1) is 25.4 Å². The SMILES string of the molecule is CO/C1=C\C(C)=C\[C@@H](C)[C@@H](O)[C@H](C)C/C(C)=C/C=C/[C@H](OC)C([C@@H](C)[C@@H](O)[C@H](C)[C@@]2(O)C[C@@H](N)[C@H](C)[C@@H](C(C)C)O2)OC1=O. The summed E-state index contributed by atoms with van der Waals surface area (Å²) < 4.78 is 23.5. The highest BCUT2D eigenvalue weighted by atomic mass is 16.6. The summed E-state index contributed by atoms with van der Waals surface area (Å²) >= 11 is 0. The second-order valence-electron chi connectivity index (χ2n) is 13.7. The molecule has 252 valence electrons. The summed E-state index contributed by atoms with van der Waals surface area (Å²) in [6.45, 7) is 17.3. The number of carbonyl (C=O) groups excluding carboxylic acids is 1. The van der Waals surface area contributed by atoms with Gasteiger partial charge in [-0.3, -0.25) is 0 Å². The van der Waals surface area contributed by atoms with Gasteiger partial charge in [0.1, 0.15) is 12.2 Å². The van der Waals surface area contributed by atoms with Crippen LogP contribution in [0.2, 0.25) is 0 Å². The minimum absolute atomic E-state index is 0.00396. The maximum atomic E-state index is 13.5. The molecule has 5 N–H and O–H groups in total. The quantitative estimate of drug-likeness (QED) is 0.299. The summed E-state index contributed by atoms with van der Waals surface area (Å²) in [5.41, 5.74) is 8.26. The maximum absolute atomic E-state index is 13.5. The molecule has 0 aromatic carbocycles. The van der Waals surface area contributed by atoms with Gasteiger partial charge in [-0.05, 0) is 44.1 Å². The molecular weight excluding hydrogens is 562 g/mol. The van der Waals surface area contributed by atoms with Crippen LogP contribution in [0.1, 0.15) is 75.2 Å². The van der Waals surface area contributed by atoms with Crippen molar-refractivity contribution in [1.82, 2.24) is 0 Å². The van der Waals surface area contributed by atoms with Crippen LogP contribution in [-0.2, 0) is 23.7 Å². The summed E-state index contributed by atoms with van der Waals surface area (Å²) in [4.78, 5) is 13.5. The summed E-state index contributed by atoms with van der Waals surface area (Å²) in [7, 11) is 2.90. The molecule has 0 saturated carbocycles. The summed E-state index contributed by atoms with van der Waals surface area (Å²) in [5, 5.41) is 34.4. The van der Waals surface area contributed by atoms with Crippen LogP contribution in [0.5, 0.6) is 0 Å². The first-order valence-electron chi connectivity index (χ1n) is 16.0.